The first-order valence-electron chi connectivity index (χ1n) is 11.5. The third-order valence-electron chi connectivity index (χ3n) is 6.80. The zero-order valence-corrected chi connectivity index (χ0v) is 19.9. The lowest BCUT2D eigenvalue weighted by Crippen LogP contribution is -2.36. The number of carbonyl (C=O) groups excluding carboxylic acids is 2. The summed E-state index contributed by atoms with van der Waals surface area (Å²) in [6.07, 6.45) is 11.1. The van der Waals surface area contributed by atoms with Crippen molar-refractivity contribution in [3.63, 3.8) is 0 Å². The summed E-state index contributed by atoms with van der Waals surface area (Å²) in [5.41, 5.74) is 3.61. The Morgan fingerprint density at radius 3 is 3.03 bits per heavy atom. The van der Waals surface area contributed by atoms with Gasteiger partial charge in [-0.15, -0.1) is 11.3 Å². The first-order chi connectivity index (χ1) is 16.6. The van der Waals surface area contributed by atoms with Gasteiger partial charge in [-0.25, -0.2) is 0 Å². The van der Waals surface area contributed by atoms with Crippen LogP contribution < -0.4 is 5.32 Å². The fourth-order valence-corrected chi connectivity index (χ4v) is 6.13. The molecule has 2 aromatic rings. The molecule has 1 N–H and O–H groups in total. The van der Waals surface area contributed by atoms with Gasteiger partial charge >= 0.3 is 0 Å². The number of fused-ring (bicyclic) bond motifs is 1. The lowest BCUT2D eigenvalue weighted by atomic mass is 9.98. The summed E-state index contributed by atoms with van der Waals surface area (Å²) in [6, 6.07) is 6.01. The first-order valence-corrected chi connectivity index (χ1v) is 12.4. The van der Waals surface area contributed by atoms with Gasteiger partial charge < -0.3 is 15.0 Å². The van der Waals surface area contributed by atoms with Gasteiger partial charge in [0.1, 0.15) is 16.8 Å². The number of ether oxygens (including phenoxy) is 1. The van der Waals surface area contributed by atoms with E-state index in [0.29, 0.717) is 36.5 Å². The lowest BCUT2D eigenvalue weighted by Gasteiger charge is -2.27. The standard InChI is InChI=1S/C26H26N4O3S/c1-33-22-7-3-2-6-17(22)19-12-20(19)25(32)29-26-21(13-27)18-8-10-30(15-23(18)34-26)24(31)11-16-5-4-9-28-14-16/h3-5,7,9,14,19-20H,2,6,8,10-12,15H2,1H3,(H,29,32). The highest BCUT2D eigenvalue weighted by Crippen LogP contribution is 2.49. The van der Waals surface area contributed by atoms with Gasteiger partial charge in [0.15, 0.2) is 0 Å². The van der Waals surface area contributed by atoms with Gasteiger partial charge in [-0.2, -0.15) is 5.26 Å². The second-order valence-corrected chi connectivity index (χ2v) is 10.0. The molecular formula is C26H26N4O3S. The fourth-order valence-electron chi connectivity index (χ4n) is 4.91. The number of pyridine rings is 1. The highest BCUT2D eigenvalue weighted by Gasteiger charge is 2.46. The Bertz CT molecular complexity index is 1220. The van der Waals surface area contributed by atoms with Crippen molar-refractivity contribution >= 4 is 28.2 Å². The van der Waals surface area contributed by atoms with E-state index in [-0.39, 0.29) is 23.7 Å². The molecule has 8 heteroatoms. The normalized spacial score (nSPS) is 21.0. The number of hydrogen-bond donors (Lipinski definition) is 1. The summed E-state index contributed by atoms with van der Waals surface area (Å²) < 4.78 is 5.49. The molecule has 5 rings (SSSR count). The zero-order valence-electron chi connectivity index (χ0n) is 19.0. The number of methoxy groups -OCH3 is 1. The molecule has 0 bridgehead atoms. The van der Waals surface area contributed by atoms with Gasteiger partial charge in [-0.3, -0.25) is 14.6 Å². The molecule has 3 heterocycles. The first kappa shape index (κ1) is 22.4. The number of anilines is 1. The van der Waals surface area contributed by atoms with Crippen molar-refractivity contribution in [2.75, 3.05) is 19.0 Å². The molecule has 1 saturated carbocycles. The molecule has 2 aromatic heterocycles. The quantitative estimate of drug-likeness (QED) is 0.684. The number of nitrogens with one attached hydrogen (secondary N) is 1. The molecule has 0 spiro atoms. The molecule has 0 saturated heterocycles. The Labute approximate surface area is 202 Å². The van der Waals surface area contributed by atoms with Crippen LogP contribution in [0.2, 0.25) is 0 Å². The average Bonchev–Trinajstić information content (AvgIpc) is 3.59. The van der Waals surface area contributed by atoms with Crippen LogP contribution in [0.5, 0.6) is 0 Å². The van der Waals surface area contributed by atoms with Gasteiger partial charge in [0, 0.05) is 29.7 Å². The predicted octanol–water partition coefficient (Wildman–Crippen LogP) is 3.97. The molecule has 34 heavy (non-hydrogen) atoms. The van der Waals surface area contributed by atoms with Crippen molar-refractivity contribution in [1.82, 2.24) is 9.88 Å². The van der Waals surface area contributed by atoms with Crippen LogP contribution >= 0.6 is 11.3 Å². The molecule has 174 valence electrons. The van der Waals surface area contributed by atoms with Crippen LogP contribution in [-0.2, 0) is 33.7 Å². The number of carbonyl (C=O) groups is 2. The summed E-state index contributed by atoms with van der Waals surface area (Å²) in [7, 11) is 1.67. The maximum Gasteiger partial charge on any atom is 0.228 e. The SMILES string of the molecule is COC1=C(C2CC2C(=O)Nc2sc3c(c2C#N)CCN(C(=O)Cc2cccnc2)C3)CCC=C1. The Kier molecular flexibility index (Phi) is 6.20. The summed E-state index contributed by atoms with van der Waals surface area (Å²) in [6.45, 7) is 1.03. The number of amides is 2. The topological polar surface area (TPSA) is 95.3 Å². The van der Waals surface area contributed by atoms with E-state index in [2.05, 4.69) is 22.4 Å². The largest absolute Gasteiger partial charge is 0.497 e. The molecule has 0 aromatic carbocycles. The predicted molar refractivity (Wildman–Crippen MR) is 129 cm³/mol. The number of thiophene rings is 1. The molecule has 2 aliphatic carbocycles. The Balaban J connectivity index is 1.27. The van der Waals surface area contributed by atoms with E-state index in [1.807, 2.05) is 23.1 Å². The Hall–Kier alpha value is -3.44. The molecular weight excluding hydrogens is 448 g/mol. The maximum absolute atomic E-state index is 13.0. The van der Waals surface area contributed by atoms with E-state index >= 15 is 0 Å². The monoisotopic (exact) mass is 474 g/mol. The van der Waals surface area contributed by atoms with E-state index in [1.165, 1.54) is 16.9 Å². The average molecular weight is 475 g/mol. The zero-order chi connectivity index (χ0) is 23.7. The van der Waals surface area contributed by atoms with Gasteiger partial charge in [-0.1, -0.05) is 12.1 Å². The molecule has 2 amide bonds. The minimum absolute atomic E-state index is 0.0397. The van der Waals surface area contributed by atoms with Crippen LogP contribution in [0.1, 0.15) is 40.8 Å². The molecule has 7 nitrogen and oxygen atoms in total. The Morgan fingerprint density at radius 2 is 2.26 bits per heavy atom. The second kappa shape index (κ2) is 9.43. The van der Waals surface area contributed by atoms with Gasteiger partial charge in [-0.05, 0) is 60.4 Å². The minimum atomic E-state index is -0.0881. The van der Waals surface area contributed by atoms with Crippen LogP contribution in [0, 0.1) is 23.2 Å². The molecule has 2 unspecified atom stereocenters. The van der Waals surface area contributed by atoms with Crippen LogP contribution in [0.15, 0.2) is 48.0 Å². The van der Waals surface area contributed by atoms with Crippen LogP contribution in [0.25, 0.3) is 0 Å². The van der Waals surface area contributed by atoms with Gasteiger partial charge in [0.2, 0.25) is 11.8 Å². The summed E-state index contributed by atoms with van der Waals surface area (Å²) >= 11 is 1.42. The number of rotatable bonds is 6. The molecule has 3 aliphatic rings. The number of nitriles is 1. The van der Waals surface area contributed by atoms with Crippen LogP contribution in [0.3, 0.4) is 0 Å². The van der Waals surface area contributed by atoms with Crippen molar-refractivity contribution in [1.29, 1.82) is 5.26 Å². The van der Waals surface area contributed by atoms with E-state index in [0.717, 1.165) is 41.0 Å². The second-order valence-electron chi connectivity index (χ2n) is 8.90. The summed E-state index contributed by atoms with van der Waals surface area (Å²) in [5, 5.41) is 13.4. The van der Waals surface area contributed by atoms with Crippen LogP contribution in [0.4, 0.5) is 5.00 Å². The minimum Gasteiger partial charge on any atom is -0.497 e. The lowest BCUT2D eigenvalue weighted by molar-refractivity contribution is -0.131. The number of nitrogens with zero attached hydrogens (tertiary/aromatic N) is 3. The highest BCUT2D eigenvalue weighted by molar-refractivity contribution is 7.16. The van der Waals surface area contributed by atoms with Gasteiger partial charge in [0.25, 0.3) is 0 Å². The number of aromatic nitrogens is 1. The van der Waals surface area contributed by atoms with Crippen LogP contribution in [-0.4, -0.2) is 35.4 Å². The van der Waals surface area contributed by atoms with Gasteiger partial charge in [0.05, 0.1) is 25.6 Å². The maximum atomic E-state index is 13.0. The summed E-state index contributed by atoms with van der Waals surface area (Å²) in [5.74, 6) is 1.00. The smallest absolute Gasteiger partial charge is 0.228 e. The van der Waals surface area contributed by atoms with Crippen molar-refractivity contribution in [3.8, 4) is 6.07 Å². The van der Waals surface area contributed by atoms with E-state index < -0.39 is 0 Å². The Morgan fingerprint density at radius 1 is 1.38 bits per heavy atom. The fraction of sp³-hybridized carbons (Fsp3) is 0.385. The molecule has 2 atom stereocenters. The van der Waals surface area contributed by atoms with Crippen molar-refractivity contribution < 1.29 is 14.3 Å². The third-order valence-corrected chi connectivity index (χ3v) is 7.93. The van der Waals surface area contributed by atoms with Crippen molar-refractivity contribution in [2.24, 2.45) is 11.8 Å². The molecule has 0 radical (unpaired) electrons. The van der Waals surface area contributed by atoms with E-state index in [4.69, 9.17) is 4.74 Å². The molecule has 1 aliphatic heterocycles. The molecule has 1 fully saturated rings. The summed E-state index contributed by atoms with van der Waals surface area (Å²) in [4.78, 5) is 32.7. The van der Waals surface area contributed by atoms with E-state index in [1.54, 1.807) is 19.5 Å². The van der Waals surface area contributed by atoms with E-state index in [9.17, 15) is 14.9 Å². The van der Waals surface area contributed by atoms with Crippen molar-refractivity contribution in [2.45, 2.75) is 38.6 Å². The van der Waals surface area contributed by atoms with Crippen molar-refractivity contribution in [3.05, 3.63) is 69.6 Å². The highest BCUT2D eigenvalue weighted by atomic mass is 32.1. The number of hydrogen-bond acceptors (Lipinski definition) is 6. The third kappa shape index (κ3) is 4.36. The number of allylic oxidation sites excluding steroid dienone is 3.